The van der Waals surface area contributed by atoms with Crippen molar-refractivity contribution in [3.63, 3.8) is 0 Å². The molecule has 10 heteroatoms. The summed E-state index contributed by atoms with van der Waals surface area (Å²) in [5.74, 6) is -1.77. The molecule has 1 amide bonds. The average molecular weight is 293 g/mol. The van der Waals surface area contributed by atoms with Crippen molar-refractivity contribution < 1.29 is 28.0 Å². The standard InChI is InChI=1S/C9H15N3O6S/c13-8-6(5-18-10-8)11-19(16,17)12-4-2-1-3-7(12)9(14)15/h6-7,11H,1-5H2,(H,10,13)(H,14,15)/t6-,7?/m1/s1. The lowest BCUT2D eigenvalue weighted by Gasteiger charge is -2.32. The maximum absolute atomic E-state index is 12.1. The highest BCUT2D eigenvalue weighted by Gasteiger charge is 2.39. The van der Waals surface area contributed by atoms with Crippen molar-refractivity contribution in [2.24, 2.45) is 0 Å². The smallest absolute Gasteiger partial charge is 0.322 e. The van der Waals surface area contributed by atoms with Gasteiger partial charge >= 0.3 is 5.97 Å². The molecule has 0 saturated carbocycles. The summed E-state index contributed by atoms with van der Waals surface area (Å²) in [5, 5.41) is 9.05. The number of hydroxylamine groups is 1. The number of hydrogen-bond acceptors (Lipinski definition) is 5. The minimum absolute atomic E-state index is 0.121. The van der Waals surface area contributed by atoms with E-state index in [1.54, 1.807) is 0 Å². The summed E-state index contributed by atoms with van der Waals surface area (Å²) in [4.78, 5) is 26.9. The monoisotopic (exact) mass is 293 g/mol. The van der Waals surface area contributed by atoms with Gasteiger partial charge < -0.3 is 5.11 Å². The van der Waals surface area contributed by atoms with Crippen LogP contribution in [0.4, 0.5) is 0 Å². The third-order valence-corrected chi connectivity index (χ3v) is 4.71. The van der Waals surface area contributed by atoms with Crippen molar-refractivity contribution in [3.8, 4) is 0 Å². The zero-order chi connectivity index (χ0) is 14.0. The molecule has 2 aliphatic rings. The van der Waals surface area contributed by atoms with E-state index in [9.17, 15) is 18.0 Å². The first-order valence-corrected chi connectivity index (χ1v) is 7.29. The Hall–Kier alpha value is -1.23. The maximum Gasteiger partial charge on any atom is 0.322 e. The topological polar surface area (TPSA) is 125 Å². The van der Waals surface area contributed by atoms with E-state index in [1.807, 2.05) is 5.48 Å². The molecule has 2 aliphatic heterocycles. The molecule has 2 heterocycles. The van der Waals surface area contributed by atoms with Crippen LogP contribution < -0.4 is 10.2 Å². The van der Waals surface area contributed by atoms with Gasteiger partial charge in [0.2, 0.25) is 0 Å². The minimum Gasteiger partial charge on any atom is -0.480 e. The van der Waals surface area contributed by atoms with E-state index in [1.165, 1.54) is 0 Å². The lowest BCUT2D eigenvalue weighted by molar-refractivity contribution is -0.142. The number of nitrogens with one attached hydrogen (secondary N) is 2. The van der Waals surface area contributed by atoms with Crippen molar-refractivity contribution in [2.75, 3.05) is 13.2 Å². The van der Waals surface area contributed by atoms with Gasteiger partial charge in [-0.05, 0) is 19.3 Å². The van der Waals surface area contributed by atoms with E-state index in [-0.39, 0.29) is 19.6 Å². The Kier molecular flexibility index (Phi) is 4.04. The van der Waals surface area contributed by atoms with Gasteiger partial charge in [-0.1, -0.05) is 0 Å². The number of hydrogen-bond donors (Lipinski definition) is 3. The number of carboxylic acids is 1. The van der Waals surface area contributed by atoms with Gasteiger partial charge in [-0.2, -0.15) is 17.4 Å². The van der Waals surface area contributed by atoms with Crippen LogP contribution in [0.2, 0.25) is 0 Å². The third kappa shape index (κ3) is 3.03. The number of nitrogens with zero attached hydrogens (tertiary/aromatic N) is 1. The van der Waals surface area contributed by atoms with Crippen molar-refractivity contribution >= 4 is 22.1 Å². The van der Waals surface area contributed by atoms with Gasteiger partial charge in [-0.15, -0.1) is 0 Å². The number of carbonyl (C=O) groups is 2. The summed E-state index contributed by atoms with van der Waals surface area (Å²) in [6.07, 6.45) is 1.53. The third-order valence-electron chi connectivity index (χ3n) is 3.08. The van der Waals surface area contributed by atoms with Gasteiger partial charge in [0.15, 0.2) is 0 Å². The number of piperidine rings is 1. The summed E-state index contributed by atoms with van der Waals surface area (Å²) >= 11 is 0. The molecule has 2 saturated heterocycles. The lowest BCUT2D eigenvalue weighted by atomic mass is 10.1. The van der Waals surface area contributed by atoms with E-state index in [0.717, 1.165) is 4.31 Å². The van der Waals surface area contributed by atoms with Gasteiger partial charge in [0.05, 0.1) is 0 Å². The summed E-state index contributed by atoms with van der Waals surface area (Å²) in [5.41, 5.74) is 2.03. The summed E-state index contributed by atoms with van der Waals surface area (Å²) in [7, 11) is -4.03. The predicted octanol–water partition coefficient (Wildman–Crippen LogP) is -1.81. The zero-order valence-corrected chi connectivity index (χ0v) is 10.9. The fourth-order valence-corrected chi connectivity index (χ4v) is 3.69. The Balaban J connectivity index is 2.12. The van der Waals surface area contributed by atoms with Gasteiger partial charge in [0, 0.05) is 6.54 Å². The molecule has 0 bridgehead atoms. The summed E-state index contributed by atoms with van der Waals surface area (Å²) in [6, 6.07) is -2.11. The largest absolute Gasteiger partial charge is 0.480 e. The molecule has 0 aliphatic carbocycles. The number of carbonyl (C=O) groups excluding carboxylic acids is 1. The van der Waals surface area contributed by atoms with Crippen LogP contribution in [-0.4, -0.2) is 54.9 Å². The second kappa shape index (κ2) is 5.41. The predicted molar refractivity (Wildman–Crippen MR) is 61.9 cm³/mol. The quantitative estimate of drug-likeness (QED) is 0.561. The SMILES string of the molecule is O=C(O)C1CCCCN1S(=O)(=O)N[C@@H]1CONC1=O. The normalized spacial score (nSPS) is 29.2. The maximum atomic E-state index is 12.1. The molecule has 9 nitrogen and oxygen atoms in total. The van der Waals surface area contributed by atoms with Crippen LogP contribution in [0.15, 0.2) is 0 Å². The molecule has 2 atom stereocenters. The fraction of sp³-hybridized carbons (Fsp3) is 0.778. The van der Waals surface area contributed by atoms with E-state index >= 15 is 0 Å². The molecule has 0 spiro atoms. The molecular weight excluding hydrogens is 278 g/mol. The molecule has 19 heavy (non-hydrogen) atoms. The van der Waals surface area contributed by atoms with Crippen LogP contribution in [0.3, 0.4) is 0 Å². The van der Waals surface area contributed by atoms with Gasteiger partial charge in [-0.25, -0.2) is 5.48 Å². The minimum atomic E-state index is -4.03. The molecule has 3 N–H and O–H groups in total. The molecular formula is C9H15N3O6S. The van der Waals surface area contributed by atoms with E-state index in [2.05, 4.69) is 9.56 Å². The molecule has 108 valence electrons. The summed E-state index contributed by atoms with van der Waals surface area (Å²) in [6.45, 7) is 0.00510. The Bertz CT molecular complexity index is 478. The molecule has 2 fully saturated rings. The van der Waals surface area contributed by atoms with E-state index in [4.69, 9.17) is 5.11 Å². The Morgan fingerprint density at radius 3 is 2.79 bits per heavy atom. The zero-order valence-electron chi connectivity index (χ0n) is 10.0. The fourth-order valence-electron chi connectivity index (χ4n) is 2.12. The molecule has 0 radical (unpaired) electrons. The molecule has 2 rings (SSSR count). The van der Waals surface area contributed by atoms with Crippen LogP contribution in [0.5, 0.6) is 0 Å². The number of carboxylic acid groups (broad SMARTS) is 1. The van der Waals surface area contributed by atoms with Gasteiger partial charge in [0.25, 0.3) is 16.1 Å². The van der Waals surface area contributed by atoms with Crippen LogP contribution >= 0.6 is 0 Å². The molecule has 0 aromatic heterocycles. The first-order chi connectivity index (χ1) is 8.92. The average Bonchev–Trinajstić information content (AvgIpc) is 2.74. The van der Waals surface area contributed by atoms with Crippen LogP contribution in [0.1, 0.15) is 19.3 Å². The highest BCUT2D eigenvalue weighted by molar-refractivity contribution is 7.87. The Morgan fingerprint density at radius 2 is 2.21 bits per heavy atom. The highest BCUT2D eigenvalue weighted by Crippen LogP contribution is 2.20. The number of amides is 1. The first kappa shape index (κ1) is 14.2. The van der Waals surface area contributed by atoms with Crippen molar-refractivity contribution in [1.82, 2.24) is 14.5 Å². The second-order valence-corrected chi connectivity index (χ2v) is 6.07. The molecule has 0 aromatic carbocycles. The number of aliphatic carboxylic acids is 1. The van der Waals surface area contributed by atoms with Crippen LogP contribution in [-0.2, 0) is 24.6 Å². The highest BCUT2D eigenvalue weighted by atomic mass is 32.2. The summed E-state index contributed by atoms with van der Waals surface area (Å²) < 4.78 is 27.3. The Labute approximate surface area is 110 Å². The van der Waals surface area contributed by atoms with Crippen LogP contribution in [0, 0.1) is 0 Å². The van der Waals surface area contributed by atoms with Gasteiger partial charge in [0.1, 0.15) is 18.7 Å². The number of rotatable bonds is 4. The van der Waals surface area contributed by atoms with Crippen molar-refractivity contribution in [2.45, 2.75) is 31.3 Å². The van der Waals surface area contributed by atoms with E-state index < -0.39 is 34.2 Å². The van der Waals surface area contributed by atoms with Crippen molar-refractivity contribution in [3.05, 3.63) is 0 Å². The lowest BCUT2D eigenvalue weighted by Crippen LogP contribution is -2.55. The molecule has 1 unspecified atom stereocenters. The second-order valence-electron chi connectivity index (χ2n) is 4.41. The van der Waals surface area contributed by atoms with Crippen LogP contribution in [0.25, 0.3) is 0 Å². The van der Waals surface area contributed by atoms with Gasteiger partial charge in [-0.3, -0.25) is 14.4 Å². The Morgan fingerprint density at radius 1 is 1.47 bits per heavy atom. The molecule has 0 aromatic rings. The van der Waals surface area contributed by atoms with Crippen molar-refractivity contribution in [1.29, 1.82) is 0 Å². The first-order valence-electron chi connectivity index (χ1n) is 5.85. The van der Waals surface area contributed by atoms with E-state index in [0.29, 0.717) is 12.8 Å².